The van der Waals surface area contributed by atoms with Gasteiger partial charge in [0, 0.05) is 30.0 Å². The number of nitrogens with zero attached hydrogens (tertiary/aromatic N) is 1. The molecule has 5 rings (SSSR count). The molecular formula is C23H19F4NO5S. The third kappa shape index (κ3) is 4.08. The van der Waals surface area contributed by atoms with Gasteiger partial charge < -0.3 is 9.67 Å². The van der Waals surface area contributed by atoms with Gasteiger partial charge in [-0.1, -0.05) is 12.1 Å². The number of carboxylic acid groups (broad SMARTS) is 1. The van der Waals surface area contributed by atoms with E-state index in [9.17, 15) is 30.8 Å². The first-order valence-corrected chi connectivity index (χ1v) is 12.0. The van der Waals surface area contributed by atoms with Gasteiger partial charge in [-0.2, -0.15) is 13.2 Å². The Bertz CT molecular complexity index is 1420. The molecule has 0 spiro atoms. The lowest BCUT2D eigenvalue weighted by atomic mass is 9.94. The van der Waals surface area contributed by atoms with E-state index in [1.165, 1.54) is 18.2 Å². The van der Waals surface area contributed by atoms with Crippen LogP contribution in [0.4, 0.5) is 17.6 Å². The number of Topliss-reactive ketones (excluding diaryl/α,β-unsaturated/α-hetero) is 1. The average molecular weight is 497 g/mol. The Hall–Kier alpha value is -3.21. The molecule has 1 aliphatic carbocycles. The van der Waals surface area contributed by atoms with Crippen LogP contribution in [0.15, 0.2) is 41.3 Å². The van der Waals surface area contributed by atoms with E-state index in [1.54, 1.807) is 4.57 Å². The zero-order valence-corrected chi connectivity index (χ0v) is 18.6. The molecule has 1 atom stereocenters. The number of ketones is 1. The Morgan fingerprint density at radius 2 is 1.74 bits per heavy atom. The monoisotopic (exact) mass is 497 g/mol. The second kappa shape index (κ2) is 8.23. The molecule has 3 aromatic rings. The van der Waals surface area contributed by atoms with E-state index in [0.29, 0.717) is 29.7 Å². The minimum atomic E-state index is -4.51. The minimum absolute atomic E-state index is 0.178. The summed E-state index contributed by atoms with van der Waals surface area (Å²) in [6.45, 7) is 1.08. The Labute approximate surface area is 191 Å². The molecule has 0 saturated heterocycles. The van der Waals surface area contributed by atoms with Crippen LogP contribution in [0.25, 0.3) is 10.9 Å². The fourth-order valence-electron chi connectivity index (χ4n) is 4.61. The van der Waals surface area contributed by atoms with Gasteiger partial charge in [-0.3, -0.25) is 9.59 Å². The van der Waals surface area contributed by atoms with Gasteiger partial charge in [0.1, 0.15) is 5.82 Å². The number of halogens is 4. The Morgan fingerprint density at radius 3 is 2.32 bits per heavy atom. The lowest BCUT2D eigenvalue weighted by molar-refractivity contribution is -0.137. The summed E-state index contributed by atoms with van der Waals surface area (Å²) in [5.74, 6) is -2.17. The summed E-state index contributed by atoms with van der Waals surface area (Å²) in [6, 6.07) is 5.68. The summed E-state index contributed by atoms with van der Waals surface area (Å²) < 4.78 is 80.8. The predicted octanol–water partition coefficient (Wildman–Crippen LogP) is 4.79. The largest absolute Gasteiger partial charge is 0.481 e. The summed E-state index contributed by atoms with van der Waals surface area (Å²) in [6.07, 6.45) is -3.14. The number of alkyl halides is 3. The maximum Gasteiger partial charge on any atom is 0.416 e. The highest BCUT2D eigenvalue weighted by Crippen LogP contribution is 2.44. The zero-order chi connectivity index (χ0) is 25.0. The third-order valence-electron chi connectivity index (χ3n) is 5.87. The molecule has 1 N–H and O–H groups in total. The number of carbonyl (C=O) groups is 2. The van der Waals surface area contributed by atoms with E-state index < -0.39 is 45.2 Å². The van der Waals surface area contributed by atoms with Crippen LogP contribution in [-0.2, 0) is 27.2 Å². The smallest absolute Gasteiger partial charge is 0.416 e. The number of aromatic nitrogens is 1. The first-order chi connectivity index (χ1) is 15.8. The number of carbonyl (C=O) groups excluding carboxylic acids is 1. The summed E-state index contributed by atoms with van der Waals surface area (Å²) in [5.41, 5.74) is 0.758. The maximum absolute atomic E-state index is 14.2. The van der Waals surface area contributed by atoms with E-state index in [1.807, 2.05) is 0 Å². The van der Waals surface area contributed by atoms with E-state index in [0.717, 1.165) is 25.1 Å². The van der Waals surface area contributed by atoms with Crippen LogP contribution in [-0.4, -0.2) is 35.6 Å². The van der Waals surface area contributed by atoms with Gasteiger partial charge in [-0.05, 0) is 42.7 Å². The van der Waals surface area contributed by atoms with Crippen LogP contribution in [0.3, 0.4) is 0 Å². The van der Waals surface area contributed by atoms with Crippen LogP contribution in [0, 0.1) is 5.82 Å². The van der Waals surface area contributed by atoms with Gasteiger partial charge in [0.05, 0.1) is 27.8 Å². The quantitative estimate of drug-likeness (QED) is 0.488. The van der Waals surface area contributed by atoms with Crippen molar-refractivity contribution in [3.05, 3.63) is 64.6 Å². The number of benzene rings is 2. The van der Waals surface area contributed by atoms with Crippen molar-refractivity contribution in [2.75, 3.05) is 5.75 Å². The van der Waals surface area contributed by atoms with Crippen LogP contribution in [0.5, 0.6) is 0 Å². The van der Waals surface area contributed by atoms with Gasteiger partial charge in [0.2, 0.25) is 0 Å². The SMILES string of the molecule is CC(=O)O.O=C1CCCc2c1c1cc(F)cc3c1n2[C@H](c1ccc(C(F)(F)F)cc1)CS3(=O)=O. The molecule has 34 heavy (non-hydrogen) atoms. The highest BCUT2D eigenvalue weighted by atomic mass is 32.2. The van der Waals surface area contributed by atoms with Crippen LogP contribution in [0.1, 0.15) is 53.0 Å². The van der Waals surface area contributed by atoms with Crippen LogP contribution in [0.2, 0.25) is 0 Å². The van der Waals surface area contributed by atoms with Crippen molar-refractivity contribution in [3.63, 3.8) is 0 Å². The van der Waals surface area contributed by atoms with Crippen molar-refractivity contribution < 1.29 is 40.7 Å². The van der Waals surface area contributed by atoms with Crippen LogP contribution >= 0.6 is 0 Å². The van der Waals surface area contributed by atoms with Crippen molar-refractivity contribution in [2.45, 2.75) is 43.3 Å². The summed E-state index contributed by atoms with van der Waals surface area (Å²) in [7, 11) is -3.92. The normalized spacial score (nSPS) is 18.7. The number of aliphatic carboxylic acids is 1. The van der Waals surface area contributed by atoms with Crippen molar-refractivity contribution in [1.82, 2.24) is 4.57 Å². The van der Waals surface area contributed by atoms with Crippen LogP contribution < -0.4 is 0 Å². The molecule has 1 aromatic heterocycles. The molecule has 0 saturated carbocycles. The highest BCUT2D eigenvalue weighted by molar-refractivity contribution is 7.91. The van der Waals surface area contributed by atoms with E-state index in [2.05, 4.69) is 0 Å². The topological polar surface area (TPSA) is 93.4 Å². The number of rotatable bonds is 1. The van der Waals surface area contributed by atoms with Gasteiger partial charge in [-0.15, -0.1) is 0 Å². The second-order valence-electron chi connectivity index (χ2n) is 8.20. The van der Waals surface area contributed by atoms with Gasteiger partial charge in [0.25, 0.3) is 5.97 Å². The molecule has 2 aliphatic rings. The van der Waals surface area contributed by atoms with Gasteiger partial charge >= 0.3 is 6.18 Å². The molecule has 1 aliphatic heterocycles. The molecule has 180 valence electrons. The van der Waals surface area contributed by atoms with Crippen molar-refractivity contribution in [1.29, 1.82) is 0 Å². The number of sulfone groups is 1. The molecule has 0 amide bonds. The molecule has 0 bridgehead atoms. The Morgan fingerprint density at radius 1 is 1.12 bits per heavy atom. The van der Waals surface area contributed by atoms with Crippen molar-refractivity contribution in [2.24, 2.45) is 0 Å². The standard InChI is InChI=1S/C21H15F4NO3S.C2H4O2/c22-13-8-14-19-15(2-1-3-17(19)27)26-16(10-30(28,29)18(9-13)20(14)26)11-4-6-12(7-5-11)21(23,24)25;1-2(3)4/h4-9,16H,1-3,10H2;1H3,(H,3,4)/t16-;/m0./s1. The number of carboxylic acids is 1. The summed E-state index contributed by atoms with van der Waals surface area (Å²) in [5, 5.41) is 7.67. The minimum Gasteiger partial charge on any atom is -0.481 e. The first kappa shape index (κ1) is 23.9. The van der Waals surface area contributed by atoms with Crippen molar-refractivity contribution in [3.8, 4) is 0 Å². The molecule has 11 heteroatoms. The molecule has 2 heterocycles. The maximum atomic E-state index is 14.2. The van der Waals surface area contributed by atoms with E-state index >= 15 is 0 Å². The zero-order valence-electron chi connectivity index (χ0n) is 17.8. The summed E-state index contributed by atoms with van der Waals surface area (Å²) in [4.78, 5) is 21.4. The van der Waals surface area contributed by atoms with Gasteiger partial charge in [-0.25, -0.2) is 12.8 Å². The highest BCUT2D eigenvalue weighted by Gasteiger charge is 2.39. The third-order valence-corrected chi connectivity index (χ3v) is 7.61. The molecular weight excluding hydrogens is 478 g/mol. The first-order valence-electron chi connectivity index (χ1n) is 10.3. The van der Waals surface area contributed by atoms with E-state index in [-0.39, 0.29) is 28.0 Å². The number of fused-ring (bicyclic) bond motifs is 3. The molecule has 0 radical (unpaired) electrons. The lowest BCUT2D eigenvalue weighted by Crippen LogP contribution is -2.28. The fraction of sp³-hybridized carbons (Fsp3) is 0.304. The second-order valence-corrected chi connectivity index (χ2v) is 10.2. The molecule has 2 aromatic carbocycles. The molecule has 0 unspecified atom stereocenters. The number of hydrogen-bond donors (Lipinski definition) is 1. The average Bonchev–Trinajstić information content (AvgIpc) is 3.05. The number of hydrogen-bond acceptors (Lipinski definition) is 4. The Balaban J connectivity index is 0.000000636. The predicted molar refractivity (Wildman–Crippen MR) is 114 cm³/mol. The summed E-state index contributed by atoms with van der Waals surface area (Å²) >= 11 is 0. The molecule has 6 nitrogen and oxygen atoms in total. The van der Waals surface area contributed by atoms with E-state index in [4.69, 9.17) is 9.90 Å². The van der Waals surface area contributed by atoms with Gasteiger partial charge in [0.15, 0.2) is 15.6 Å². The van der Waals surface area contributed by atoms with Crippen molar-refractivity contribution >= 4 is 32.5 Å². The Kier molecular flexibility index (Phi) is 5.79. The fourth-order valence-corrected chi connectivity index (χ4v) is 6.35. The molecule has 0 fully saturated rings. The lowest BCUT2D eigenvalue weighted by Gasteiger charge is -2.29.